The Kier molecular flexibility index (Phi) is 3.81. The van der Waals surface area contributed by atoms with Crippen molar-refractivity contribution in [2.45, 2.75) is 12.5 Å². The molecule has 1 unspecified atom stereocenters. The number of thioether (sulfide) groups is 1. The summed E-state index contributed by atoms with van der Waals surface area (Å²) in [4.78, 5) is 0. The summed E-state index contributed by atoms with van der Waals surface area (Å²) in [6.45, 7) is 1.02. The van der Waals surface area contributed by atoms with E-state index in [1.807, 2.05) is 11.8 Å². The van der Waals surface area contributed by atoms with Crippen LogP contribution < -0.4 is 10.6 Å². The lowest BCUT2D eigenvalue weighted by atomic mass is 10.1. The molecule has 0 aromatic heterocycles. The molecule has 1 aromatic rings. The van der Waals surface area contributed by atoms with Crippen LogP contribution in [0.2, 0.25) is 0 Å². The Bertz CT molecular complexity index is 343. The first-order valence-corrected chi connectivity index (χ1v) is 7.27. The molecule has 1 aromatic carbocycles. The third kappa shape index (κ3) is 2.82. The van der Waals surface area contributed by atoms with Crippen molar-refractivity contribution in [3.8, 4) is 0 Å². The fraction of sp³-hybridized carbons (Fsp3) is 0.455. The van der Waals surface area contributed by atoms with Gasteiger partial charge in [0, 0.05) is 17.1 Å². The van der Waals surface area contributed by atoms with Gasteiger partial charge in [-0.05, 0) is 36.6 Å². The first-order valence-electron chi connectivity index (χ1n) is 5.08. The molecule has 0 aliphatic carbocycles. The van der Waals surface area contributed by atoms with Crippen molar-refractivity contribution < 1.29 is 0 Å². The van der Waals surface area contributed by atoms with Crippen molar-refractivity contribution in [2.24, 2.45) is 0 Å². The summed E-state index contributed by atoms with van der Waals surface area (Å²) in [6.07, 6.45) is 3.37. The summed E-state index contributed by atoms with van der Waals surface area (Å²) in [5, 5.41) is 7.02. The molecule has 0 spiro atoms. The second kappa shape index (κ2) is 5.12. The lowest BCUT2D eigenvalue weighted by molar-refractivity contribution is 0.719. The topological polar surface area (TPSA) is 24.1 Å². The summed E-state index contributed by atoms with van der Waals surface area (Å²) in [5.41, 5.74) is 2.42. The number of rotatable bonds is 3. The molecule has 1 aliphatic heterocycles. The van der Waals surface area contributed by atoms with Crippen LogP contribution in [0.1, 0.15) is 6.42 Å². The van der Waals surface area contributed by atoms with E-state index in [2.05, 4.69) is 51.0 Å². The SMILES string of the molecule is CSCCC1CNc2cc(Br)ccc2N1. The third-order valence-electron chi connectivity index (χ3n) is 2.55. The molecule has 82 valence electrons. The number of fused-ring (bicyclic) bond motifs is 1. The third-order valence-corrected chi connectivity index (χ3v) is 3.69. The minimum absolute atomic E-state index is 0.561. The standard InChI is InChI=1S/C11H15BrN2S/c1-15-5-4-9-7-13-11-6-8(12)2-3-10(11)14-9/h2-3,6,9,13-14H,4-5,7H2,1H3. The lowest BCUT2D eigenvalue weighted by Crippen LogP contribution is -2.33. The van der Waals surface area contributed by atoms with Crippen molar-refractivity contribution in [3.05, 3.63) is 22.7 Å². The second-order valence-electron chi connectivity index (χ2n) is 3.69. The number of benzene rings is 1. The van der Waals surface area contributed by atoms with Gasteiger partial charge in [-0.1, -0.05) is 15.9 Å². The monoisotopic (exact) mass is 286 g/mol. The average Bonchev–Trinajstić information content (AvgIpc) is 2.26. The van der Waals surface area contributed by atoms with Gasteiger partial charge < -0.3 is 10.6 Å². The van der Waals surface area contributed by atoms with Crippen molar-refractivity contribution in [3.63, 3.8) is 0 Å². The molecule has 2 nitrogen and oxygen atoms in total. The number of hydrogen-bond donors (Lipinski definition) is 2. The second-order valence-corrected chi connectivity index (χ2v) is 5.59. The van der Waals surface area contributed by atoms with Gasteiger partial charge in [-0.15, -0.1) is 0 Å². The molecule has 1 atom stereocenters. The number of anilines is 2. The van der Waals surface area contributed by atoms with Crippen LogP contribution in [0.5, 0.6) is 0 Å². The highest BCUT2D eigenvalue weighted by Gasteiger charge is 2.16. The Morgan fingerprint density at radius 1 is 1.47 bits per heavy atom. The number of nitrogens with one attached hydrogen (secondary N) is 2. The number of halogens is 1. The molecular weight excluding hydrogens is 272 g/mol. The molecule has 0 saturated heterocycles. The van der Waals surface area contributed by atoms with Gasteiger partial charge in [0.1, 0.15) is 0 Å². The van der Waals surface area contributed by atoms with Crippen molar-refractivity contribution in [1.29, 1.82) is 0 Å². The van der Waals surface area contributed by atoms with Crippen LogP contribution in [0.15, 0.2) is 22.7 Å². The zero-order valence-electron chi connectivity index (χ0n) is 8.72. The quantitative estimate of drug-likeness (QED) is 0.891. The predicted octanol–water partition coefficient (Wildman–Crippen LogP) is 3.41. The fourth-order valence-electron chi connectivity index (χ4n) is 1.73. The molecule has 2 N–H and O–H groups in total. The van der Waals surface area contributed by atoms with E-state index in [-0.39, 0.29) is 0 Å². The van der Waals surface area contributed by atoms with Gasteiger partial charge in [-0.2, -0.15) is 11.8 Å². The molecule has 0 amide bonds. The first kappa shape index (κ1) is 11.1. The predicted molar refractivity (Wildman–Crippen MR) is 73.0 cm³/mol. The van der Waals surface area contributed by atoms with Crippen LogP contribution >= 0.6 is 27.7 Å². The van der Waals surface area contributed by atoms with E-state index >= 15 is 0 Å². The maximum Gasteiger partial charge on any atom is 0.0588 e. The van der Waals surface area contributed by atoms with Crippen LogP contribution in [0.4, 0.5) is 11.4 Å². The molecule has 1 aliphatic rings. The maximum absolute atomic E-state index is 3.56. The van der Waals surface area contributed by atoms with E-state index in [0.717, 1.165) is 11.0 Å². The molecule has 4 heteroatoms. The summed E-state index contributed by atoms with van der Waals surface area (Å²) in [5.74, 6) is 1.21. The fourth-order valence-corrected chi connectivity index (χ4v) is 2.61. The van der Waals surface area contributed by atoms with Crippen molar-refractivity contribution in [1.82, 2.24) is 0 Å². The van der Waals surface area contributed by atoms with Gasteiger partial charge in [0.2, 0.25) is 0 Å². The van der Waals surface area contributed by atoms with Crippen LogP contribution in [-0.4, -0.2) is 24.6 Å². The number of hydrogen-bond acceptors (Lipinski definition) is 3. The van der Waals surface area contributed by atoms with Crippen LogP contribution in [0.25, 0.3) is 0 Å². The molecule has 15 heavy (non-hydrogen) atoms. The van der Waals surface area contributed by atoms with Gasteiger partial charge in [-0.25, -0.2) is 0 Å². The smallest absolute Gasteiger partial charge is 0.0588 e. The molecule has 0 saturated carbocycles. The Morgan fingerprint density at radius 2 is 2.33 bits per heavy atom. The zero-order valence-corrected chi connectivity index (χ0v) is 11.1. The molecular formula is C11H15BrN2S. The molecule has 1 heterocycles. The van der Waals surface area contributed by atoms with Gasteiger partial charge in [0.25, 0.3) is 0 Å². The normalized spacial score (nSPS) is 18.9. The minimum Gasteiger partial charge on any atom is -0.381 e. The Labute approximate surface area is 103 Å². The van der Waals surface area contributed by atoms with E-state index < -0.39 is 0 Å². The van der Waals surface area contributed by atoms with Crippen molar-refractivity contribution in [2.75, 3.05) is 29.2 Å². The van der Waals surface area contributed by atoms with Crippen LogP contribution in [0.3, 0.4) is 0 Å². The highest BCUT2D eigenvalue weighted by molar-refractivity contribution is 9.10. The van der Waals surface area contributed by atoms with Crippen LogP contribution in [-0.2, 0) is 0 Å². The highest BCUT2D eigenvalue weighted by atomic mass is 79.9. The van der Waals surface area contributed by atoms with Gasteiger partial charge >= 0.3 is 0 Å². The highest BCUT2D eigenvalue weighted by Crippen LogP contribution is 2.29. The van der Waals surface area contributed by atoms with Gasteiger partial charge in [-0.3, -0.25) is 0 Å². The Balaban J connectivity index is 2.03. The Hall–Kier alpha value is -0.350. The van der Waals surface area contributed by atoms with Gasteiger partial charge in [0.15, 0.2) is 0 Å². The summed E-state index contributed by atoms with van der Waals surface area (Å²) in [6, 6.07) is 6.88. The average molecular weight is 287 g/mol. The molecule has 0 fully saturated rings. The van der Waals surface area contributed by atoms with E-state index in [1.54, 1.807) is 0 Å². The first-order chi connectivity index (χ1) is 7.29. The molecule has 0 bridgehead atoms. The summed E-state index contributed by atoms with van der Waals surface area (Å²) < 4.78 is 1.12. The maximum atomic E-state index is 3.56. The molecule has 0 radical (unpaired) electrons. The van der Waals surface area contributed by atoms with Crippen LogP contribution in [0, 0.1) is 0 Å². The molecule has 2 rings (SSSR count). The van der Waals surface area contributed by atoms with E-state index in [9.17, 15) is 0 Å². The summed E-state index contributed by atoms with van der Waals surface area (Å²) in [7, 11) is 0. The zero-order chi connectivity index (χ0) is 10.7. The minimum atomic E-state index is 0.561. The van der Waals surface area contributed by atoms with Gasteiger partial charge in [0.05, 0.1) is 11.4 Å². The van der Waals surface area contributed by atoms with Crippen molar-refractivity contribution >= 4 is 39.1 Å². The lowest BCUT2D eigenvalue weighted by Gasteiger charge is -2.28. The van der Waals surface area contributed by atoms with E-state index in [1.165, 1.54) is 23.5 Å². The van der Waals surface area contributed by atoms with E-state index in [0.29, 0.717) is 6.04 Å². The largest absolute Gasteiger partial charge is 0.381 e. The van der Waals surface area contributed by atoms with E-state index in [4.69, 9.17) is 0 Å². The summed E-state index contributed by atoms with van der Waals surface area (Å²) >= 11 is 5.38. The Morgan fingerprint density at radius 3 is 3.13 bits per heavy atom.